The zero-order chi connectivity index (χ0) is 8.74. The highest BCUT2D eigenvalue weighted by Gasteiger charge is 2.25. The molecule has 0 atom stereocenters. The first-order valence-corrected chi connectivity index (χ1v) is 3.83. The first kappa shape index (κ1) is 10.8. The lowest BCUT2D eigenvalue weighted by Crippen LogP contribution is -2.18. The lowest BCUT2D eigenvalue weighted by molar-refractivity contribution is -0.135. The minimum atomic E-state index is -3.99. The molecule has 11 heavy (non-hydrogen) atoms. The summed E-state index contributed by atoms with van der Waals surface area (Å²) in [4.78, 5) is 0. The molecular weight excluding hydrogens is 155 g/mol. The van der Waals surface area contributed by atoms with E-state index in [4.69, 9.17) is 0 Å². The van der Waals surface area contributed by atoms with Crippen molar-refractivity contribution in [1.29, 1.82) is 0 Å². The molecule has 1 nitrogen and oxygen atoms in total. The van der Waals surface area contributed by atoms with Gasteiger partial charge in [-0.05, 0) is 25.9 Å². The molecule has 68 valence electrons. The van der Waals surface area contributed by atoms with Crippen LogP contribution in [0.2, 0.25) is 0 Å². The second kappa shape index (κ2) is 5.41. The van der Waals surface area contributed by atoms with Crippen molar-refractivity contribution in [2.24, 2.45) is 0 Å². The quantitative estimate of drug-likeness (QED) is 0.623. The smallest absolute Gasteiger partial charge is 0.317 e. The summed E-state index contributed by atoms with van der Waals surface area (Å²) >= 11 is 0. The predicted octanol–water partition coefficient (Wildman–Crippen LogP) is 2.33. The zero-order valence-corrected chi connectivity index (χ0v) is 6.67. The summed E-state index contributed by atoms with van der Waals surface area (Å²) in [5.74, 6) is 0. The monoisotopic (exact) mass is 169 g/mol. The van der Waals surface area contributed by atoms with E-state index in [0.717, 1.165) is 13.0 Å². The summed E-state index contributed by atoms with van der Waals surface area (Å²) in [5, 5.41) is 2.91. The minimum absolute atomic E-state index is 0.184. The van der Waals surface area contributed by atoms with E-state index in [1.54, 1.807) is 0 Å². The van der Waals surface area contributed by atoms with Crippen molar-refractivity contribution in [3.63, 3.8) is 0 Å². The summed E-state index contributed by atoms with van der Waals surface area (Å²) in [6, 6.07) is 0. The Kier molecular flexibility index (Phi) is 5.28. The first-order chi connectivity index (χ1) is 5.06. The van der Waals surface area contributed by atoms with E-state index >= 15 is 0 Å². The van der Waals surface area contributed by atoms with Gasteiger partial charge in [-0.2, -0.15) is 13.2 Å². The van der Waals surface area contributed by atoms with Gasteiger partial charge >= 0.3 is 6.18 Å². The maximum Gasteiger partial charge on any atom is 0.389 e. The van der Waals surface area contributed by atoms with Crippen molar-refractivity contribution >= 4 is 0 Å². The molecule has 0 aliphatic heterocycles. The highest BCUT2D eigenvalue weighted by Crippen LogP contribution is 2.20. The van der Waals surface area contributed by atoms with Gasteiger partial charge in [0.2, 0.25) is 0 Å². The minimum Gasteiger partial charge on any atom is -0.317 e. The molecular formula is C7H14F3N. The van der Waals surface area contributed by atoms with Crippen LogP contribution in [0.25, 0.3) is 0 Å². The topological polar surface area (TPSA) is 12.0 Å². The number of hydrogen-bond acceptors (Lipinski definition) is 1. The van der Waals surface area contributed by atoms with Crippen LogP contribution in [-0.4, -0.2) is 19.3 Å². The lowest BCUT2D eigenvalue weighted by Gasteiger charge is -2.05. The van der Waals surface area contributed by atoms with Crippen molar-refractivity contribution in [2.45, 2.75) is 32.4 Å². The van der Waals surface area contributed by atoms with Crippen LogP contribution < -0.4 is 5.32 Å². The molecule has 0 amide bonds. The van der Waals surface area contributed by atoms with Gasteiger partial charge < -0.3 is 5.32 Å². The Balaban J connectivity index is 3.02. The largest absolute Gasteiger partial charge is 0.389 e. The molecule has 0 fully saturated rings. The van der Waals surface area contributed by atoms with Gasteiger partial charge in [0, 0.05) is 6.42 Å². The first-order valence-electron chi connectivity index (χ1n) is 3.83. The second-order valence-corrected chi connectivity index (χ2v) is 2.47. The van der Waals surface area contributed by atoms with Gasteiger partial charge in [0.1, 0.15) is 0 Å². The van der Waals surface area contributed by atoms with Gasteiger partial charge in [-0.1, -0.05) is 6.92 Å². The normalized spacial score (nSPS) is 12.0. The third kappa shape index (κ3) is 9.75. The molecule has 0 saturated heterocycles. The van der Waals surface area contributed by atoms with E-state index in [1.165, 1.54) is 0 Å². The van der Waals surface area contributed by atoms with Crippen LogP contribution >= 0.6 is 0 Å². The van der Waals surface area contributed by atoms with Gasteiger partial charge in [0.25, 0.3) is 0 Å². The molecule has 4 heteroatoms. The Hall–Kier alpha value is -0.250. The maximum absolute atomic E-state index is 11.5. The molecule has 0 aromatic carbocycles. The average molecular weight is 169 g/mol. The van der Waals surface area contributed by atoms with Crippen molar-refractivity contribution in [3.8, 4) is 0 Å². The van der Waals surface area contributed by atoms with E-state index in [0.29, 0.717) is 6.54 Å². The van der Waals surface area contributed by atoms with Crippen LogP contribution in [0.3, 0.4) is 0 Å². The molecule has 0 aromatic rings. The molecule has 0 rings (SSSR count). The van der Waals surface area contributed by atoms with Crippen LogP contribution in [-0.2, 0) is 0 Å². The van der Waals surface area contributed by atoms with Crippen molar-refractivity contribution in [3.05, 3.63) is 0 Å². The van der Waals surface area contributed by atoms with Crippen molar-refractivity contribution in [2.75, 3.05) is 13.1 Å². The van der Waals surface area contributed by atoms with Gasteiger partial charge in [0.05, 0.1) is 0 Å². The molecule has 0 spiro atoms. The van der Waals surface area contributed by atoms with E-state index in [-0.39, 0.29) is 6.42 Å². The third-order valence-electron chi connectivity index (χ3n) is 1.24. The highest BCUT2D eigenvalue weighted by atomic mass is 19.4. The number of nitrogens with one attached hydrogen (secondary N) is 1. The number of rotatable bonds is 5. The Labute approximate surface area is 65.0 Å². The maximum atomic E-state index is 11.5. The SMILES string of the molecule is CCCNCCCC(F)(F)F. The van der Waals surface area contributed by atoms with E-state index in [9.17, 15) is 13.2 Å². The van der Waals surface area contributed by atoms with Crippen LogP contribution in [0.1, 0.15) is 26.2 Å². The molecule has 0 unspecified atom stereocenters. The second-order valence-electron chi connectivity index (χ2n) is 2.47. The summed E-state index contributed by atoms with van der Waals surface area (Å²) in [5.41, 5.74) is 0. The molecule has 1 N–H and O–H groups in total. The van der Waals surface area contributed by atoms with E-state index in [2.05, 4.69) is 5.32 Å². The van der Waals surface area contributed by atoms with Gasteiger partial charge in [-0.3, -0.25) is 0 Å². The van der Waals surface area contributed by atoms with Gasteiger partial charge in [0.15, 0.2) is 0 Å². The summed E-state index contributed by atoms with van der Waals surface area (Å²) in [7, 11) is 0. The fourth-order valence-corrected chi connectivity index (χ4v) is 0.716. The molecule has 0 aliphatic rings. The van der Waals surface area contributed by atoms with Crippen molar-refractivity contribution in [1.82, 2.24) is 5.32 Å². The van der Waals surface area contributed by atoms with Gasteiger partial charge in [-0.25, -0.2) is 0 Å². The molecule has 0 saturated carbocycles. The number of hydrogen-bond donors (Lipinski definition) is 1. The Morgan fingerprint density at radius 1 is 1.18 bits per heavy atom. The molecule has 0 aliphatic carbocycles. The standard InChI is InChI=1S/C7H14F3N/c1-2-5-11-6-3-4-7(8,9)10/h11H,2-6H2,1H3. The molecule has 0 heterocycles. The summed E-state index contributed by atoms with van der Waals surface area (Å²) in [6.45, 7) is 3.25. The fourth-order valence-electron chi connectivity index (χ4n) is 0.716. The zero-order valence-electron chi connectivity index (χ0n) is 6.67. The van der Waals surface area contributed by atoms with Crippen LogP contribution in [0.5, 0.6) is 0 Å². The molecule has 0 radical (unpaired) electrons. The van der Waals surface area contributed by atoms with E-state index < -0.39 is 12.6 Å². The van der Waals surface area contributed by atoms with Gasteiger partial charge in [-0.15, -0.1) is 0 Å². The Morgan fingerprint density at radius 3 is 2.27 bits per heavy atom. The van der Waals surface area contributed by atoms with E-state index in [1.807, 2.05) is 6.92 Å². The van der Waals surface area contributed by atoms with Crippen molar-refractivity contribution < 1.29 is 13.2 Å². The predicted molar refractivity (Wildman–Crippen MR) is 38.4 cm³/mol. The summed E-state index contributed by atoms with van der Waals surface area (Å²) < 4.78 is 34.6. The Bertz CT molecular complexity index is 90.2. The molecule has 0 aromatic heterocycles. The third-order valence-corrected chi connectivity index (χ3v) is 1.24. The highest BCUT2D eigenvalue weighted by molar-refractivity contribution is 4.53. The summed E-state index contributed by atoms with van der Waals surface area (Å²) in [6.07, 6.45) is -3.52. The van der Waals surface area contributed by atoms with Crippen LogP contribution in [0.15, 0.2) is 0 Å². The van der Waals surface area contributed by atoms with Crippen LogP contribution in [0.4, 0.5) is 13.2 Å². The Morgan fingerprint density at radius 2 is 1.82 bits per heavy atom. The average Bonchev–Trinajstić information content (AvgIpc) is 1.85. The molecule has 0 bridgehead atoms. The van der Waals surface area contributed by atoms with Crippen LogP contribution in [0, 0.1) is 0 Å². The lowest BCUT2D eigenvalue weighted by atomic mass is 10.3. The number of halogens is 3. The number of alkyl halides is 3. The fraction of sp³-hybridized carbons (Fsp3) is 1.00.